The Morgan fingerprint density at radius 1 is 1.24 bits per heavy atom. The van der Waals surface area contributed by atoms with Crippen LogP contribution in [0.15, 0.2) is 33.7 Å². The molecule has 0 bridgehead atoms. The number of hydrogen-bond acceptors (Lipinski definition) is 5. The van der Waals surface area contributed by atoms with Crippen molar-refractivity contribution in [3.63, 3.8) is 0 Å². The zero-order valence-electron chi connectivity index (χ0n) is 16.2. The molecule has 0 amide bonds. The monoisotopic (exact) mass is 422 g/mol. The molecule has 0 aliphatic carbocycles. The first kappa shape index (κ1) is 19.7. The maximum absolute atomic E-state index is 14.2. The molecular weight excluding hydrogens is 402 g/mol. The molecule has 1 aliphatic rings. The van der Waals surface area contributed by atoms with Gasteiger partial charge >= 0.3 is 0 Å². The number of rotatable bonds is 4. The van der Waals surface area contributed by atoms with E-state index in [9.17, 15) is 17.2 Å². The van der Waals surface area contributed by atoms with Gasteiger partial charge in [-0.05, 0) is 32.9 Å². The second kappa shape index (κ2) is 7.03. The number of sulfonamides is 1. The van der Waals surface area contributed by atoms with E-state index in [0.29, 0.717) is 35.4 Å². The van der Waals surface area contributed by atoms with Crippen molar-refractivity contribution in [3.05, 3.63) is 53.0 Å². The van der Waals surface area contributed by atoms with E-state index in [1.165, 1.54) is 4.31 Å². The minimum atomic E-state index is -4.15. The van der Waals surface area contributed by atoms with E-state index >= 15 is 0 Å². The number of nitrogens with zero attached hydrogens (tertiary/aromatic N) is 4. The van der Waals surface area contributed by atoms with Crippen LogP contribution in [0.3, 0.4) is 0 Å². The summed E-state index contributed by atoms with van der Waals surface area (Å²) in [5.41, 5.74) is 2.05. The van der Waals surface area contributed by atoms with Gasteiger partial charge in [0.15, 0.2) is 5.69 Å². The summed E-state index contributed by atoms with van der Waals surface area (Å²) >= 11 is 0. The third-order valence-electron chi connectivity index (χ3n) is 4.88. The highest BCUT2D eigenvalue weighted by Gasteiger charge is 2.35. The third kappa shape index (κ3) is 3.36. The molecule has 0 spiro atoms. The van der Waals surface area contributed by atoms with E-state index in [0.717, 1.165) is 17.8 Å². The van der Waals surface area contributed by atoms with Gasteiger partial charge in [0.05, 0.1) is 6.20 Å². The Morgan fingerprint density at radius 2 is 2.00 bits per heavy atom. The summed E-state index contributed by atoms with van der Waals surface area (Å²) in [6.07, 6.45) is 1.98. The summed E-state index contributed by atoms with van der Waals surface area (Å²) in [6.45, 7) is 5.88. The van der Waals surface area contributed by atoms with Crippen molar-refractivity contribution in [2.75, 3.05) is 6.54 Å². The number of hydrogen-bond donors (Lipinski definition) is 0. The number of aryl methyl sites for hydroxylation is 1. The first-order valence-electron chi connectivity index (χ1n) is 9.16. The van der Waals surface area contributed by atoms with Gasteiger partial charge in [0.2, 0.25) is 15.9 Å². The van der Waals surface area contributed by atoms with E-state index in [2.05, 4.69) is 10.1 Å². The molecule has 3 heterocycles. The van der Waals surface area contributed by atoms with Gasteiger partial charge in [0.1, 0.15) is 22.3 Å². The molecule has 0 saturated heterocycles. The molecule has 0 atom stereocenters. The first-order valence-corrected chi connectivity index (χ1v) is 10.6. The van der Waals surface area contributed by atoms with Crippen molar-refractivity contribution in [2.24, 2.45) is 0 Å². The van der Waals surface area contributed by atoms with Gasteiger partial charge < -0.3 is 4.42 Å². The van der Waals surface area contributed by atoms with Crippen molar-refractivity contribution in [3.8, 4) is 11.6 Å². The molecule has 10 heteroatoms. The van der Waals surface area contributed by atoms with Gasteiger partial charge in [0, 0.05) is 42.9 Å². The van der Waals surface area contributed by atoms with Crippen molar-refractivity contribution >= 4 is 10.0 Å². The molecule has 29 heavy (non-hydrogen) atoms. The Hall–Kier alpha value is -2.59. The van der Waals surface area contributed by atoms with Crippen LogP contribution in [0.2, 0.25) is 0 Å². The summed E-state index contributed by atoms with van der Waals surface area (Å²) in [5.74, 6) is -1.02. The molecule has 7 nitrogen and oxygen atoms in total. The van der Waals surface area contributed by atoms with Crippen LogP contribution in [0.5, 0.6) is 0 Å². The average Bonchev–Trinajstić information content (AvgIpc) is 3.24. The van der Waals surface area contributed by atoms with Crippen LogP contribution in [0, 0.1) is 18.6 Å². The minimum absolute atomic E-state index is 0.00202. The van der Waals surface area contributed by atoms with E-state index in [4.69, 9.17) is 4.42 Å². The lowest BCUT2D eigenvalue weighted by atomic mass is 10.1. The Kier molecular flexibility index (Phi) is 4.78. The lowest BCUT2D eigenvalue weighted by Crippen LogP contribution is -2.37. The molecule has 0 unspecified atom stereocenters. The molecule has 0 radical (unpaired) electrons. The predicted molar refractivity (Wildman–Crippen MR) is 101 cm³/mol. The number of aromatic nitrogens is 3. The zero-order valence-corrected chi connectivity index (χ0v) is 17.0. The molecule has 0 fully saturated rings. The first-order chi connectivity index (χ1) is 13.7. The molecule has 2 aromatic heterocycles. The Balaban J connectivity index is 1.78. The van der Waals surface area contributed by atoms with Gasteiger partial charge in [-0.3, -0.25) is 4.68 Å². The van der Waals surface area contributed by atoms with Crippen molar-refractivity contribution in [1.82, 2.24) is 19.1 Å². The zero-order chi connectivity index (χ0) is 20.9. The molecular formula is C19H20F2N4O3S. The highest BCUT2D eigenvalue weighted by Crippen LogP contribution is 2.34. The lowest BCUT2D eigenvalue weighted by Gasteiger charge is -2.27. The van der Waals surface area contributed by atoms with Crippen LogP contribution in [0.4, 0.5) is 8.78 Å². The highest BCUT2D eigenvalue weighted by atomic mass is 32.2. The van der Waals surface area contributed by atoms with Gasteiger partial charge in [-0.25, -0.2) is 22.2 Å². The summed E-state index contributed by atoms with van der Waals surface area (Å²) in [5, 5.41) is 4.61. The van der Waals surface area contributed by atoms with Crippen LogP contribution in [-0.2, 0) is 23.0 Å². The molecule has 4 rings (SSSR count). The molecule has 3 aromatic rings. The van der Waals surface area contributed by atoms with Crippen molar-refractivity contribution < 1.29 is 21.6 Å². The number of halogens is 2. The Bertz CT molecular complexity index is 1180. The van der Waals surface area contributed by atoms with Crippen molar-refractivity contribution in [2.45, 2.75) is 44.7 Å². The van der Waals surface area contributed by atoms with Gasteiger partial charge in [0.25, 0.3) is 0 Å². The van der Waals surface area contributed by atoms with Crippen LogP contribution in [-0.4, -0.2) is 34.0 Å². The topological polar surface area (TPSA) is 81.2 Å². The number of benzene rings is 1. The van der Waals surface area contributed by atoms with Crippen LogP contribution < -0.4 is 0 Å². The molecule has 0 saturated carbocycles. The quantitative estimate of drug-likeness (QED) is 0.643. The normalized spacial score (nSPS) is 15.1. The average molecular weight is 422 g/mol. The minimum Gasteiger partial charge on any atom is -0.440 e. The van der Waals surface area contributed by atoms with Crippen LogP contribution >= 0.6 is 0 Å². The van der Waals surface area contributed by atoms with Crippen LogP contribution in [0.25, 0.3) is 11.6 Å². The van der Waals surface area contributed by atoms with E-state index in [1.54, 1.807) is 13.1 Å². The fourth-order valence-corrected chi connectivity index (χ4v) is 4.97. The second-order valence-electron chi connectivity index (χ2n) is 7.25. The van der Waals surface area contributed by atoms with Gasteiger partial charge in [-0.15, -0.1) is 0 Å². The van der Waals surface area contributed by atoms with E-state index < -0.39 is 26.6 Å². The number of fused-ring (bicyclic) bond motifs is 1. The Labute approximate surface area is 167 Å². The SMILES string of the molecule is Cc1cnc(-c2nn(C(C)C)c3c2CN(S(=O)(=O)c2ccc(F)cc2F)CC3)o1. The number of oxazole rings is 1. The largest absolute Gasteiger partial charge is 0.440 e. The summed E-state index contributed by atoms with van der Waals surface area (Å²) < 4.78 is 62.1. The fraction of sp³-hybridized carbons (Fsp3) is 0.368. The maximum Gasteiger partial charge on any atom is 0.247 e. The lowest BCUT2D eigenvalue weighted by molar-refractivity contribution is 0.376. The smallest absolute Gasteiger partial charge is 0.247 e. The van der Waals surface area contributed by atoms with Gasteiger partial charge in [-0.2, -0.15) is 9.40 Å². The molecule has 1 aliphatic heterocycles. The standard InChI is InChI=1S/C19H20F2N4O3S/c1-11(2)25-16-6-7-24(29(26,27)17-5-4-13(20)8-15(17)21)10-14(16)18(23-25)19-22-9-12(3)28-19/h4-5,8-9,11H,6-7,10H2,1-3H3. The van der Waals surface area contributed by atoms with Crippen molar-refractivity contribution in [1.29, 1.82) is 0 Å². The predicted octanol–water partition coefficient (Wildman–Crippen LogP) is 3.45. The van der Waals surface area contributed by atoms with E-state index in [1.807, 2.05) is 18.5 Å². The van der Waals surface area contributed by atoms with E-state index in [-0.39, 0.29) is 19.1 Å². The maximum atomic E-state index is 14.2. The van der Waals surface area contributed by atoms with Crippen LogP contribution in [0.1, 0.15) is 36.9 Å². The third-order valence-corrected chi connectivity index (χ3v) is 6.75. The molecule has 0 N–H and O–H groups in total. The highest BCUT2D eigenvalue weighted by molar-refractivity contribution is 7.89. The van der Waals surface area contributed by atoms with Gasteiger partial charge in [-0.1, -0.05) is 0 Å². The Morgan fingerprint density at radius 3 is 2.62 bits per heavy atom. The summed E-state index contributed by atoms with van der Waals surface area (Å²) in [4.78, 5) is 3.67. The second-order valence-corrected chi connectivity index (χ2v) is 9.16. The summed E-state index contributed by atoms with van der Waals surface area (Å²) in [6, 6.07) is 2.51. The fourth-order valence-electron chi connectivity index (χ4n) is 3.51. The molecule has 1 aromatic carbocycles. The summed E-state index contributed by atoms with van der Waals surface area (Å²) in [7, 11) is -4.15. The molecule has 154 valence electrons.